The summed E-state index contributed by atoms with van der Waals surface area (Å²) in [4.78, 5) is 13.9. The quantitative estimate of drug-likeness (QED) is 0.681. The molecule has 0 atom stereocenters. The standard InChI is InChI=1S/C13H27N3O/c1-4-5-8-15-12(17)11-16-9-6-13(2,14-3)7-10-16/h14H,4-11H2,1-3H3,(H,15,17). The monoisotopic (exact) mass is 241 g/mol. The fourth-order valence-electron chi connectivity index (χ4n) is 2.12. The van der Waals surface area contributed by atoms with E-state index in [1.165, 1.54) is 0 Å². The SMILES string of the molecule is CCCCNC(=O)CN1CCC(C)(NC)CC1. The Morgan fingerprint density at radius 3 is 2.53 bits per heavy atom. The maximum atomic E-state index is 11.6. The molecule has 0 unspecified atom stereocenters. The van der Waals surface area contributed by atoms with E-state index in [0.29, 0.717) is 6.54 Å². The number of nitrogens with one attached hydrogen (secondary N) is 2. The summed E-state index contributed by atoms with van der Waals surface area (Å²) < 4.78 is 0. The molecule has 1 heterocycles. The smallest absolute Gasteiger partial charge is 0.234 e. The molecule has 0 aromatic rings. The van der Waals surface area contributed by atoms with Crippen molar-refractivity contribution in [3.8, 4) is 0 Å². The third kappa shape index (κ3) is 5.04. The van der Waals surface area contributed by atoms with Gasteiger partial charge in [-0.15, -0.1) is 0 Å². The molecule has 1 saturated heterocycles. The number of carbonyl (C=O) groups excluding carboxylic acids is 1. The lowest BCUT2D eigenvalue weighted by Crippen LogP contribution is -2.51. The molecule has 4 nitrogen and oxygen atoms in total. The lowest BCUT2D eigenvalue weighted by atomic mass is 9.90. The van der Waals surface area contributed by atoms with Crippen LogP contribution in [0.25, 0.3) is 0 Å². The molecule has 0 bridgehead atoms. The number of likely N-dealkylation sites (tertiary alicyclic amines) is 1. The summed E-state index contributed by atoms with van der Waals surface area (Å²) in [5, 5.41) is 6.34. The average molecular weight is 241 g/mol. The summed E-state index contributed by atoms with van der Waals surface area (Å²) in [7, 11) is 2.02. The predicted molar refractivity (Wildman–Crippen MR) is 71.1 cm³/mol. The Labute approximate surface area is 105 Å². The molecule has 0 spiro atoms. The molecule has 100 valence electrons. The van der Waals surface area contributed by atoms with Crippen LogP contribution in [0.4, 0.5) is 0 Å². The van der Waals surface area contributed by atoms with Crippen molar-refractivity contribution in [3.63, 3.8) is 0 Å². The fraction of sp³-hybridized carbons (Fsp3) is 0.923. The fourth-order valence-corrected chi connectivity index (χ4v) is 2.12. The number of hydrogen-bond acceptors (Lipinski definition) is 3. The normalized spacial score (nSPS) is 20.2. The van der Waals surface area contributed by atoms with Crippen molar-refractivity contribution in [2.24, 2.45) is 0 Å². The molecule has 17 heavy (non-hydrogen) atoms. The van der Waals surface area contributed by atoms with Gasteiger partial charge in [0.1, 0.15) is 0 Å². The molecule has 4 heteroatoms. The van der Waals surface area contributed by atoms with Gasteiger partial charge in [-0.25, -0.2) is 0 Å². The van der Waals surface area contributed by atoms with E-state index in [1.807, 2.05) is 7.05 Å². The number of nitrogens with zero attached hydrogens (tertiary/aromatic N) is 1. The highest BCUT2D eigenvalue weighted by Crippen LogP contribution is 2.20. The van der Waals surface area contributed by atoms with Crippen molar-refractivity contribution in [3.05, 3.63) is 0 Å². The second-order valence-electron chi connectivity index (χ2n) is 5.29. The first kappa shape index (κ1) is 14.5. The maximum Gasteiger partial charge on any atom is 0.234 e. The van der Waals surface area contributed by atoms with Gasteiger partial charge in [-0.2, -0.15) is 0 Å². The third-order valence-electron chi connectivity index (χ3n) is 3.78. The van der Waals surface area contributed by atoms with Crippen LogP contribution >= 0.6 is 0 Å². The molecule has 0 aromatic carbocycles. The minimum Gasteiger partial charge on any atom is -0.355 e. The zero-order chi connectivity index (χ0) is 12.7. The van der Waals surface area contributed by atoms with Crippen molar-refractivity contribution >= 4 is 5.91 Å². The highest BCUT2D eigenvalue weighted by atomic mass is 16.2. The lowest BCUT2D eigenvalue weighted by molar-refractivity contribution is -0.122. The minimum atomic E-state index is 0.173. The minimum absolute atomic E-state index is 0.173. The molecular weight excluding hydrogens is 214 g/mol. The summed E-state index contributed by atoms with van der Waals surface area (Å²) in [5.74, 6) is 0.173. The van der Waals surface area contributed by atoms with Crippen molar-refractivity contribution in [2.75, 3.05) is 33.2 Å². The Balaban J connectivity index is 2.19. The van der Waals surface area contributed by atoms with Crippen LogP contribution in [-0.2, 0) is 4.79 Å². The first-order chi connectivity index (χ1) is 8.09. The Hall–Kier alpha value is -0.610. The number of hydrogen-bond donors (Lipinski definition) is 2. The van der Waals surface area contributed by atoms with Gasteiger partial charge in [0.2, 0.25) is 5.91 Å². The number of piperidine rings is 1. The largest absolute Gasteiger partial charge is 0.355 e. The van der Waals surface area contributed by atoms with E-state index in [-0.39, 0.29) is 11.4 Å². The van der Waals surface area contributed by atoms with Crippen LogP contribution in [0, 0.1) is 0 Å². The van der Waals surface area contributed by atoms with Crippen LogP contribution in [-0.4, -0.2) is 49.6 Å². The van der Waals surface area contributed by atoms with Gasteiger partial charge in [0.05, 0.1) is 6.54 Å². The van der Waals surface area contributed by atoms with Crippen LogP contribution in [0.1, 0.15) is 39.5 Å². The Kier molecular flexibility index (Phi) is 5.92. The van der Waals surface area contributed by atoms with Gasteiger partial charge in [0.15, 0.2) is 0 Å². The summed E-state index contributed by atoms with van der Waals surface area (Å²) in [6.07, 6.45) is 4.44. The van der Waals surface area contributed by atoms with Gasteiger partial charge >= 0.3 is 0 Å². The van der Waals surface area contributed by atoms with Gasteiger partial charge in [0, 0.05) is 25.2 Å². The van der Waals surface area contributed by atoms with E-state index in [9.17, 15) is 4.79 Å². The molecule has 1 amide bonds. The molecule has 0 aromatic heterocycles. The van der Waals surface area contributed by atoms with Crippen LogP contribution in [0.5, 0.6) is 0 Å². The molecule has 2 N–H and O–H groups in total. The van der Waals surface area contributed by atoms with E-state index >= 15 is 0 Å². The highest BCUT2D eigenvalue weighted by Gasteiger charge is 2.28. The topological polar surface area (TPSA) is 44.4 Å². The molecule has 1 aliphatic heterocycles. The van der Waals surface area contributed by atoms with E-state index in [2.05, 4.69) is 29.4 Å². The zero-order valence-electron chi connectivity index (χ0n) is 11.5. The Bertz CT molecular complexity index is 235. The van der Waals surface area contributed by atoms with Crippen molar-refractivity contribution in [2.45, 2.75) is 45.1 Å². The maximum absolute atomic E-state index is 11.6. The van der Waals surface area contributed by atoms with Gasteiger partial charge < -0.3 is 10.6 Å². The summed E-state index contributed by atoms with van der Waals surface area (Å²) in [6.45, 7) is 7.79. The second kappa shape index (κ2) is 6.97. The molecule has 0 radical (unpaired) electrons. The van der Waals surface area contributed by atoms with Gasteiger partial charge in [0.25, 0.3) is 0 Å². The molecule has 1 aliphatic rings. The Morgan fingerprint density at radius 1 is 1.35 bits per heavy atom. The molecule has 1 rings (SSSR count). The van der Waals surface area contributed by atoms with Crippen LogP contribution in [0.15, 0.2) is 0 Å². The van der Waals surface area contributed by atoms with Crippen LogP contribution in [0.2, 0.25) is 0 Å². The number of amides is 1. The molecular formula is C13H27N3O. The van der Waals surface area contributed by atoms with E-state index < -0.39 is 0 Å². The number of rotatable bonds is 6. The number of carbonyl (C=O) groups is 1. The molecule has 0 aliphatic carbocycles. The summed E-state index contributed by atoms with van der Waals surface area (Å²) in [6, 6.07) is 0. The summed E-state index contributed by atoms with van der Waals surface area (Å²) in [5.41, 5.74) is 0.259. The van der Waals surface area contributed by atoms with E-state index in [0.717, 1.165) is 45.3 Å². The lowest BCUT2D eigenvalue weighted by Gasteiger charge is -2.39. The van der Waals surface area contributed by atoms with Gasteiger partial charge in [-0.05, 0) is 33.2 Å². The predicted octanol–water partition coefficient (Wildman–Crippen LogP) is 0.977. The Morgan fingerprint density at radius 2 is 2.00 bits per heavy atom. The van der Waals surface area contributed by atoms with Gasteiger partial charge in [-0.1, -0.05) is 13.3 Å². The highest BCUT2D eigenvalue weighted by molar-refractivity contribution is 5.77. The van der Waals surface area contributed by atoms with Gasteiger partial charge in [-0.3, -0.25) is 9.69 Å². The number of unbranched alkanes of at least 4 members (excludes halogenated alkanes) is 1. The average Bonchev–Trinajstić information content (AvgIpc) is 2.33. The molecule has 1 fully saturated rings. The van der Waals surface area contributed by atoms with Crippen molar-refractivity contribution in [1.29, 1.82) is 0 Å². The first-order valence-corrected chi connectivity index (χ1v) is 6.77. The zero-order valence-corrected chi connectivity index (χ0v) is 11.5. The second-order valence-corrected chi connectivity index (χ2v) is 5.29. The first-order valence-electron chi connectivity index (χ1n) is 6.77. The third-order valence-corrected chi connectivity index (χ3v) is 3.78. The summed E-state index contributed by atoms with van der Waals surface area (Å²) >= 11 is 0. The van der Waals surface area contributed by atoms with Crippen LogP contribution < -0.4 is 10.6 Å². The van der Waals surface area contributed by atoms with E-state index in [4.69, 9.17) is 0 Å². The van der Waals surface area contributed by atoms with Crippen molar-refractivity contribution < 1.29 is 4.79 Å². The van der Waals surface area contributed by atoms with E-state index in [1.54, 1.807) is 0 Å². The molecule has 0 saturated carbocycles. The van der Waals surface area contributed by atoms with Crippen LogP contribution in [0.3, 0.4) is 0 Å². The van der Waals surface area contributed by atoms with Crippen molar-refractivity contribution in [1.82, 2.24) is 15.5 Å².